The zero-order valence-electron chi connectivity index (χ0n) is 21.2. The molecule has 1 aliphatic heterocycles. The number of aryl methyl sites for hydroxylation is 1. The summed E-state index contributed by atoms with van der Waals surface area (Å²) in [6.45, 7) is 5.74. The predicted octanol–water partition coefficient (Wildman–Crippen LogP) is 4.47. The summed E-state index contributed by atoms with van der Waals surface area (Å²) < 4.78 is 33.2. The normalized spacial score (nSPS) is 18.6. The van der Waals surface area contributed by atoms with E-state index in [-0.39, 0.29) is 12.4 Å². The van der Waals surface area contributed by atoms with E-state index in [1.807, 2.05) is 24.5 Å². The van der Waals surface area contributed by atoms with Crippen molar-refractivity contribution in [3.8, 4) is 17.2 Å². The second-order valence-corrected chi connectivity index (χ2v) is 9.30. The first-order valence-corrected chi connectivity index (χ1v) is 12.6. The van der Waals surface area contributed by atoms with Gasteiger partial charge in [0.05, 0.1) is 19.3 Å². The SMILES string of the molecule is CCc1nccn1CCOc1cc(CN2CCCC(O)(COc3ccccc3F)CC2)ccc1OC. The minimum Gasteiger partial charge on any atom is -0.493 e. The van der Waals surface area contributed by atoms with Gasteiger partial charge >= 0.3 is 0 Å². The molecule has 0 bridgehead atoms. The van der Waals surface area contributed by atoms with E-state index >= 15 is 0 Å². The van der Waals surface area contributed by atoms with Gasteiger partial charge < -0.3 is 23.9 Å². The first-order valence-electron chi connectivity index (χ1n) is 12.6. The summed E-state index contributed by atoms with van der Waals surface area (Å²) in [4.78, 5) is 6.68. The number of para-hydroxylation sites is 1. The molecule has 36 heavy (non-hydrogen) atoms. The van der Waals surface area contributed by atoms with Crippen molar-refractivity contribution in [1.29, 1.82) is 0 Å². The van der Waals surface area contributed by atoms with Crippen molar-refractivity contribution >= 4 is 0 Å². The Balaban J connectivity index is 1.32. The Hall–Kier alpha value is -3.10. The fourth-order valence-corrected chi connectivity index (χ4v) is 4.61. The lowest BCUT2D eigenvalue weighted by Crippen LogP contribution is -2.37. The van der Waals surface area contributed by atoms with E-state index < -0.39 is 11.4 Å². The summed E-state index contributed by atoms with van der Waals surface area (Å²) in [5.41, 5.74) is 0.145. The number of nitrogens with zero attached hydrogens (tertiary/aromatic N) is 3. The molecule has 1 aliphatic rings. The number of aromatic nitrogens is 2. The Kier molecular flexibility index (Phi) is 8.83. The first kappa shape index (κ1) is 26.0. The summed E-state index contributed by atoms with van der Waals surface area (Å²) >= 11 is 0. The summed E-state index contributed by atoms with van der Waals surface area (Å²) in [5, 5.41) is 11.1. The number of rotatable bonds is 11. The molecule has 2 aromatic carbocycles. The number of likely N-dealkylation sites (tertiary alicyclic amines) is 1. The molecule has 194 valence electrons. The van der Waals surface area contributed by atoms with Crippen LogP contribution in [0.2, 0.25) is 0 Å². The first-order chi connectivity index (χ1) is 17.5. The number of aliphatic hydroxyl groups is 1. The third-order valence-corrected chi connectivity index (χ3v) is 6.68. The average Bonchev–Trinajstić information content (AvgIpc) is 3.26. The van der Waals surface area contributed by atoms with Crippen LogP contribution in [0.4, 0.5) is 4.39 Å². The van der Waals surface area contributed by atoms with Gasteiger partial charge in [0.2, 0.25) is 0 Å². The Morgan fingerprint density at radius 1 is 1.06 bits per heavy atom. The number of hydrogen-bond donors (Lipinski definition) is 1. The highest BCUT2D eigenvalue weighted by Crippen LogP contribution is 2.30. The molecule has 8 heteroatoms. The largest absolute Gasteiger partial charge is 0.493 e. The van der Waals surface area contributed by atoms with Crippen LogP contribution >= 0.6 is 0 Å². The van der Waals surface area contributed by atoms with Crippen molar-refractivity contribution in [2.45, 2.75) is 51.3 Å². The molecule has 0 radical (unpaired) electrons. The number of imidazole rings is 1. The highest BCUT2D eigenvalue weighted by atomic mass is 19.1. The van der Waals surface area contributed by atoms with Gasteiger partial charge in [0.25, 0.3) is 0 Å². The third kappa shape index (κ3) is 6.77. The molecule has 0 spiro atoms. The Labute approximate surface area is 212 Å². The molecule has 1 fully saturated rings. The van der Waals surface area contributed by atoms with E-state index in [0.29, 0.717) is 25.2 Å². The highest BCUT2D eigenvalue weighted by molar-refractivity contribution is 5.43. The standard InChI is InChI=1S/C28H36FN3O4/c1-3-27-30-13-16-32(27)17-18-35-26-19-22(9-10-25(26)34-2)20-31-14-6-11-28(33,12-15-31)21-36-24-8-5-4-7-23(24)29/h4-5,7-10,13,16,19,33H,3,6,11-12,14-15,17-18,20-21H2,1-2H3. The molecular weight excluding hydrogens is 461 g/mol. The number of halogens is 1. The van der Waals surface area contributed by atoms with E-state index in [4.69, 9.17) is 14.2 Å². The molecule has 1 N–H and O–H groups in total. The van der Waals surface area contributed by atoms with E-state index in [0.717, 1.165) is 56.2 Å². The van der Waals surface area contributed by atoms with Gasteiger partial charge in [-0.2, -0.15) is 0 Å². The summed E-state index contributed by atoms with van der Waals surface area (Å²) in [7, 11) is 1.64. The Bertz CT molecular complexity index is 1120. The summed E-state index contributed by atoms with van der Waals surface area (Å²) in [6, 6.07) is 12.3. The molecule has 1 atom stereocenters. The molecule has 1 saturated heterocycles. The molecule has 7 nitrogen and oxygen atoms in total. The van der Waals surface area contributed by atoms with Gasteiger partial charge in [-0.3, -0.25) is 4.90 Å². The molecule has 4 rings (SSSR count). The van der Waals surface area contributed by atoms with Gasteiger partial charge in [-0.1, -0.05) is 25.1 Å². The lowest BCUT2D eigenvalue weighted by Gasteiger charge is -2.27. The fraction of sp³-hybridized carbons (Fsp3) is 0.464. The topological polar surface area (TPSA) is 69.0 Å². The van der Waals surface area contributed by atoms with Gasteiger partial charge in [0, 0.05) is 31.9 Å². The van der Waals surface area contributed by atoms with Crippen LogP contribution < -0.4 is 14.2 Å². The van der Waals surface area contributed by atoms with Crippen molar-refractivity contribution in [2.75, 3.05) is 33.4 Å². The molecule has 3 aromatic rings. The molecule has 0 saturated carbocycles. The smallest absolute Gasteiger partial charge is 0.165 e. The van der Waals surface area contributed by atoms with Crippen LogP contribution in [0.15, 0.2) is 54.9 Å². The predicted molar refractivity (Wildman–Crippen MR) is 136 cm³/mol. The molecule has 2 heterocycles. The molecular formula is C28H36FN3O4. The second kappa shape index (κ2) is 12.2. The Morgan fingerprint density at radius 3 is 2.72 bits per heavy atom. The zero-order valence-corrected chi connectivity index (χ0v) is 21.2. The van der Waals surface area contributed by atoms with Gasteiger partial charge in [0.1, 0.15) is 19.0 Å². The van der Waals surface area contributed by atoms with Gasteiger partial charge in [-0.15, -0.1) is 0 Å². The lowest BCUT2D eigenvalue weighted by molar-refractivity contribution is -0.0177. The maximum absolute atomic E-state index is 13.9. The highest BCUT2D eigenvalue weighted by Gasteiger charge is 2.31. The number of hydrogen-bond acceptors (Lipinski definition) is 6. The Morgan fingerprint density at radius 2 is 1.92 bits per heavy atom. The van der Waals surface area contributed by atoms with E-state index in [9.17, 15) is 9.50 Å². The van der Waals surface area contributed by atoms with Crippen molar-refractivity contribution in [3.05, 3.63) is 72.1 Å². The lowest BCUT2D eigenvalue weighted by atomic mass is 9.96. The number of ether oxygens (including phenoxy) is 3. The van der Waals surface area contributed by atoms with Crippen LogP contribution in [-0.2, 0) is 19.5 Å². The van der Waals surface area contributed by atoms with Gasteiger partial charge in [0.15, 0.2) is 23.1 Å². The van der Waals surface area contributed by atoms with Crippen molar-refractivity contribution in [2.24, 2.45) is 0 Å². The van der Waals surface area contributed by atoms with E-state index in [1.165, 1.54) is 6.07 Å². The van der Waals surface area contributed by atoms with Crippen molar-refractivity contribution in [3.63, 3.8) is 0 Å². The summed E-state index contributed by atoms with van der Waals surface area (Å²) in [6.07, 6.45) is 6.67. The average molecular weight is 498 g/mol. The van der Waals surface area contributed by atoms with Gasteiger partial charge in [-0.05, 0) is 55.6 Å². The van der Waals surface area contributed by atoms with Crippen LogP contribution in [-0.4, -0.2) is 58.6 Å². The maximum atomic E-state index is 13.9. The number of benzene rings is 2. The minimum atomic E-state index is -0.976. The second-order valence-electron chi connectivity index (χ2n) is 9.30. The van der Waals surface area contributed by atoms with Crippen LogP contribution in [0.25, 0.3) is 0 Å². The minimum absolute atomic E-state index is 0.0823. The third-order valence-electron chi connectivity index (χ3n) is 6.68. The molecule has 1 aromatic heterocycles. The van der Waals surface area contributed by atoms with Crippen LogP contribution in [0.5, 0.6) is 17.2 Å². The van der Waals surface area contributed by atoms with E-state index in [1.54, 1.807) is 25.3 Å². The van der Waals surface area contributed by atoms with Crippen LogP contribution in [0, 0.1) is 5.82 Å². The maximum Gasteiger partial charge on any atom is 0.165 e. The quantitative estimate of drug-likeness (QED) is 0.422. The zero-order chi connectivity index (χ0) is 25.4. The number of methoxy groups -OCH3 is 1. The molecule has 0 aliphatic carbocycles. The van der Waals surface area contributed by atoms with E-state index in [2.05, 4.69) is 27.4 Å². The monoisotopic (exact) mass is 497 g/mol. The summed E-state index contributed by atoms with van der Waals surface area (Å²) in [5.74, 6) is 2.23. The molecule has 1 unspecified atom stereocenters. The fourth-order valence-electron chi connectivity index (χ4n) is 4.61. The van der Waals surface area contributed by atoms with Gasteiger partial charge in [-0.25, -0.2) is 9.37 Å². The molecule has 0 amide bonds. The van der Waals surface area contributed by atoms with Crippen LogP contribution in [0.1, 0.15) is 37.6 Å². The van der Waals surface area contributed by atoms with Crippen LogP contribution in [0.3, 0.4) is 0 Å². The van der Waals surface area contributed by atoms with Crippen molar-refractivity contribution in [1.82, 2.24) is 14.5 Å². The van der Waals surface area contributed by atoms with Crippen molar-refractivity contribution < 1.29 is 23.7 Å².